The molecule has 4 nitrogen and oxygen atoms in total. The summed E-state index contributed by atoms with van der Waals surface area (Å²) in [7, 11) is 0. The molecule has 1 aromatic carbocycles. The Morgan fingerprint density at radius 1 is 1.28 bits per heavy atom. The smallest absolute Gasteiger partial charge is 0.191 e. The predicted molar refractivity (Wildman–Crippen MR) is 92.2 cm³/mol. The second kappa shape index (κ2) is 6.56. The van der Waals surface area contributed by atoms with Gasteiger partial charge in [-0.3, -0.25) is 0 Å². The molecule has 3 atom stereocenters. The molecule has 0 aromatic heterocycles. The van der Waals surface area contributed by atoms with E-state index in [-0.39, 0.29) is 12.0 Å². The lowest BCUT2D eigenvalue weighted by atomic mass is 9.46. The molecule has 2 saturated carbocycles. The van der Waals surface area contributed by atoms with Crippen LogP contribution in [0.15, 0.2) is 23.2 Å². The highest BCUT2D eigenvalue weighted by Gasteiger charge is 2.66. The Morgan fingerprint density at radius 2 is 2.04 bits per heavy atom. The topological polar surface area (TPSA) is 45.7 Å². The molecule has 3 aliphatic rings. The summed E-state index contributed by atoms with van der Waals surface area (Å²) in [6.45, 7) is 3.86. The lowest BCUT2D eigenvalue weighted by Gasteiger charge is -2.63. The van der Waals surface area contributed by atoms with Gasteiger partial charge in [0, 0.05) is 36.6 Å². The third-order valence-corrected chi connectivity index (χ3v) is 6.01. The summed E-state index contributed by atoms with van der Waals surface area (Å²) in [6.07, 6.45) is 5.18. The molecule has 3 fully saturated rings. The summed E-state index contributed by atoms with van der Waals surface area (Å²) in [4.78, 5) is 4.55. The molecular formula is C19H25F2N3O. The number of halogens is 2. The van der Waals surface area contributed by atoms with Gasteiger partial charge in [-0.1, -0.05) is 6.42 Å². The third kappa shape index (κ3) is 2.90. The molecule has 1 aromatic rings. The van der Waals surface area contributed by atoms with Gasteiger partial charge in [-0.2, -0.15) is 0 Å². The molecule has 1 aliphatic heterocycles. The van der Waals surface area contributed by atoms with E-state index in [1.807, 2.05) is 6.92 Å². The summed E-state index contributed by atoms with van der Waals surface area (Å²) in [5.41, 5.74) is 0.797. The first-order valence-corrected chi connectivity index (χ1v) is 9.24. The van der Waals surface area contributed by atoms with Gasteiger partial charge in [-0.25, -0.2) is 13.8 Å². The Labute approximate surface area is 147 Å². The molecule has 3 unspecified atom stereocenters. The Kier molecular flexibility index (Phi) is 4.40. The van der Waals surface area contributed by atoms with Crippen LogP contribution in [0.4, 0.5) is 8.78 Å². The molecule has 0 radical (unpaired) electrons. The van der Waals surface area contributed by atoms with Crippen LogP contribution in [0.3, 0.4) is 0 Å². The van der Waals surface area contributed by atoms with Crippen molar-refractivity contribution >= 4 is 5.96 Å². The van der Waals surface area contributed by atoms with Gasteiger partial charge in [0.1, 0.15) is 11.6 Å². The first-order valence-electron chi connectivity index (χ1n) is 9.24. The van der Waals surface area contributed by atoms with Crippen LogP contribution >= 0.6 is 0 Å². The van der Waals surface area contributed by atoms with Crippen molar-refractivity contribution in [2.75, 3.05) is 13.2 Å². The van der Waals surface area contributed by atoms with Crippen molar-refractivity contribution in [1.29, 1.82) is 0 Å². The van der Waals surface area contributed by atoms with Crippen LogP contribution in [-0.2, 0) is 11.3 Å². The van der Waals surface area contributed by atoms with E-state index < -0.39 is 11.6 Å². The summed E-state index contributed by atoms with van der Waals surface area (Å²) in [5, 5.41) is 6.85. The van der Waals surface area contributed by atoms with Crippen molar-refractivity contribution < 1.29 is 13.5 Å². The van der Waals surface area contributed by atoms with E-state index >= 15 is 0 Å². The number of hydrogen-bond donors (Lipinski definition) is 2. The normalized spacial score (nSPS) is 29.7. The zero-order valence-electron chi connectivity index (χ0n) is 14.5. The minimum absolute atomic E-state index is 0.244. The minimum Gasteiger partial charge on any atom is -0.377 e. The number of nitrogens with one attached hydrogen (secondary N) is 2. The van der Waals surface area contributed by atoms with E-state index in [4.69, 9.17) is 4.74 Å². The molecule has 1 saturated heterocycles. The van der Waals surface area contributed by atoms with Crippen LogP contribution < -0.4 is 10.6 Å². The van der Waals surface area contributed by atoms with Crippen molar-refractivity contribution in [2.45, 2.75) is 51.3 Å². The van der Waals surface area contributed by atoms with Crippen molar-refractivity contribution in [2.24, 2.45) is 16.3 Å². The molecule has 136 valence electrons. The fraction of sp³-hybridized carbons (Fsp3) is 0.632. The second-order valence-corrected chi connectivity index (χ2v) is 7.43. The number of benzene rings is 1. The van der Waals surface area contributed by atoms with Gasteiger partial charge in [-0.05, 0) is 43.9 Å². The van der Waals surface area contributed by atoms with E-state index in [9.17, 15) is 8.78 Å². The number of hydrogen-bond acceptors (Lipinski definition) is 2. The summed E-state index contributed by atoms with van der Waals surface area (Å²) in [5.74, 6) is 0.132. The quantitative estimate of drug-likeness (QED) is 0.649. The highest BCUT2D eigenvalue weighted by molar-refractivity contribution is 5.80. The molecule has 1 spiro atoms. The average molecular weight is 349 g/mol. The van der Waals surface area contributed by atoms with Crippen molar-refractivity contribution in [3.8, 4) is 0 Å². The van der Waals surface area contributed by atoms with Gasteiger partial charge in [0.05, 0.1) is 12.6 Å². The SMILES string of the molecule is CCNC(=NCc1cc(F)cc(F)c1)NC1C2CCOC2C12CCC2. The predicted octanol–water partition coefficient (Wildman–Crippen LogP) is 2.98. The molecule has 6 heteroatoms. The molecule has 0 bridgehead atoms. The minimum atomic E-state index is -0.568. The average Bonchev–Trinajstić information content (AvgIpc) is 2.92. The van der Waals surface area contributed by atoms with Crippen LogP contribution in [0.2, 0.25) is 0 Å². The van der Waals surface area contributed by atoms with Crippen LogP contribution in [0.25, 0.3) is 0 Å². The monoisotopic (exact) mass is 349 g/mol. The molecule has 0 amide bonds. The number of ether oxygens (including phenoxy) is 1. The zero-order chi connectivity index (χ0) is 17.4. The highest BCUT2D eigenvalue weighted by atomic mass is 19.1. The van der Waals surface area contributed by atoms with Crippen LogP contribution in [0, 0.1) is 23.0 Å². The summed E-state index contributed by atoms with van der Waals surface area (Å²) in [6, 6.07) is 3.92. The molecule has 2 aliphatic carbocycles. The van der Waals surface area contributed by atoms with Crippen LogP contribution in [-0.4, -0.2) is 31.3 Å². The molecule has 4 rings (SSSR count). The Hall–Kier alpha value is -1.69. The fourth-order valence-corrected chi connectivity index (χ4v) is 4.80. The molecule has 1 heterocycles. The maximum atomic E-state index is 13.3. The Morgan fingerprint density at radius 3 is 2.68 bits per heavy atom. The van der Waals surface area contributed by atoms with Crippen molar-refractivity contribution in [3.63, 3.8) is 0 Å². The summed E-state index contributed by atoms with van der Waals surface area (Å²) < 4.78 is 32.6. The largest absolute Gasteiger partial charge is 0.377 e. The van der Waals surface area contributed by atoms with Crippen molar-refractivity contribution in [1.82, 2.24) is 10.6 Å². The van der Waals surface area contributed by atoms with Gasteiger partial charge in [-0.15, -0.1) is 0 Å². The first-order chi connectivity index (χ1) is 12.1. The van der Waals surface area contributed by atoms with Crippen LogP contribution in [0.5, 0.6) is 0 Å². The Balaban J connectivity index is 1.47. The standard InChI is InChI=1S/C19H25F2N3O/c1-2-22-18(23-11-12-8-13(20)10-14(21)9-12)24-16-15-4-7-25-17(15)19(16)5-3-6-19/h8-10,15-17H,2-7,11H2,1H3,(H2,22,23,24). The maximum Gasteiger partial charge on any atom is 0.191 e. The maximum absolute atomic E-state index is 13.3. The fourth-order valence-electron chi connectivity index (χ4n) is 4.80. The molecule has 2 N–H and O–H groups in total. The second-order valence-electron chi connectivity index (χ2n) is 7.43. The number of fused-ring (bicyclic) bond motifs is 2. The van der Waals surface area contributed by atoms with E-state index in [1.165, 1.54) is 31.4 Å². The van der Waals surface area contributed by atoms with Gasteiger partial charge in [0.2, 0.25) is 0 Å². The lowest BCUT2D eigenvalue weighted by Crippen LogP contribution is -2.72. The number of nitrogens with zero attached hydrogens (tertiary/aromatic N) is 1. The Bertz CT molecular complexity index is 654. The molecule has 25 heavy (non-hydrogen) atoms. The summed E-state index contributed by atoms with van der Waals surface area (Å²) >= 11 is 0. The van der Waals surface area contributed by atoms with E-state index in [2.05, 4.69) is 15.6 Å². The van der Waals surface area contributed by atoms with E-state index in [0.29, 0.717) is 29.6 Å². The van der Waals surface area contributed by atoms with Crippen molar-refractivity contribution in [3.05, 3.63) is 35.4 Å². The lowest BCUT2D eigenvalue weighted by molar-refractivity contribution is -0.171. The van der Waals surface area contributed by atoms with Gasteiger partial charge >= 0.3 is 0 Å². The van der Waals surface area contributed by atoms with E-state index in [1.54, 1.807) is 0 Å². The third-order valence-electron chi connectivity index (χ3n) is 6.01. The highest BCUT2D eigenvalue weighted by Crippen LogP contribution is 2.62. The number of aliphatic imine (C=N–C) groups is 1. The van der Waals surface area contributed by atoms with Crippen LogP contribution in [0.1, 0.15) is 38.2 Å². The number of rotatable bonds is 4. The van der Waals surface area contributed by atoms with Gasteiger partial charge < -0.3 is 15.4 Å². The van der Waals surface area contributed by atoms with Gasteiger partial charge in [0.15, 0.2) is 5.96 Å². The molecular weight excluding hydrogens is 324 g/mol. The first kappa shape index (κ1) is 16.8. The van der Waals surface area contributed by atoms with E-state index in [0.717, 1.165) is 25.6 Å². The number of guanidine groups is 1. The van der Waals surface area contributed by atoms with Gasteiger partial charge in [0.25, 0.3) is 0 Å². The zero-order valence-corrected chi connectivity index (χ0v) is 14.5.